The average molecular weight is 419 g/mol. The van der Waals surface area contributed by atoms with Gasteiger partial charge < -0.3 is 25.4 Å². The fourth-order valence-corrected chi connectivity index (χ4v) is 3.43. The molecule has 1 aliphatic heterocycles. The Kier molecular flexibility index (Phi) is 9.11. The smallest absolute Gasteiger partial charge is 0.407 e. The Morgan fingerprint density at radius 2 is 1.93 bits per heavy atom. The number of hydrogen-bond acceptors (Lipinski definition) is 5. The van der Waals surface area contributed by atoms with Crippen molar-refractivity contribution in [1.82, 2.24) is 15.5 Å². The van der Waals surface area contributed by atoms with Crippen LogP contribution in [0.4, 0.5) is 4.79 Å². The molecule has 1 aromatic rings. The van der Waals surface area contributed by atoms with Crippen molar-refractivity contribution in [1.29, 1.82) is 0 Å². The standard InChI is InChI=1S/C21H29N3O6/c1-15(25)23-17(19(26)24-13-7-11-18(24)20(27)28)10-5-6-12-22-21(29)30-14-16-8-3-2-4-9-16/h2-4,8-9,17-18H,5-7,10-14H2,1H3,(H,22,29)(H,23,25)(H,27,28)/t17-,18-/m1/s1. The molecule has 0 bridgehead atoms. The monoisotopic (exact) mass is 419 g/mol. The first kappa shape index (κ1) is 23.2. The number of hydrogen-bond donors (Lipinski definition) is 3. The molecule has 0 radical (unpaired) electrons. The van der Waals surface area contributed by atoms with E-state index < -0.39 is 24.1 Å². The third kappa shape index (κ3) is 7.38. The Morgan fingerprint density at radius 3 is 2.60 bits per heavy atom. The fraction of sp³-hybridized carbons (Fsp3) is 0.524. The summed E-state index contributed by atoms with van der Waals surface area (Å²) in [5, 5.41) is 14.5. The molecule has 0 unspecified atom stereocenters. The molecule has 30 heavy (non-hydrogen) atoms. The number of nitrogens with zero attached hydrogens (tertiary/aromatic N) is 1. The molecule has 0 aliphatic carbocycles. The molecule has 1 saturated heterocycles. The third-order valence-corrected chi connectivity index (χ3v) is 4.90. The first-order valence-corrected chi connectivity index (χ1v) is 10.1. The van der Waals surface area contributed by atoms with Crippen LogP contribution in [0.5, 0.6) is 0 Å². The highest BCUT2D eigenvalue weighted by atomic mass is 16.5. The van der Waals surface area contributed by atoms with Crippen LogP contribution < -0.4 is 10.6 Å². The maximum absolute atomic E-state index is 12.7. The number of carboxylic acids is 1. The molecule has 3 amide bonds. The van der Waals surface area contributed by atoms with Crippen LogP contribution >= 0.6 is 0 Å². The first-order chi connectivity index (χ1) is 14.4. The number of nitrogens with one attached hydrogen (secondary N) is 2. The zero-order chi connectivity index (χ0) is 21.9. The van der Waals surface area contributed by atoms with Crippen LogP contribution in [0.1, 0.15) is 44.6 Å². The molecule has 9 nitrogen and oxygen atoms in total. The quantitative estimate of drug-likeness (QED) is 0.496. The molecule has 9 heteroatoms. The van der Waals surface area contributed by atoms with Crippen molar-refractivity contribution >= 4 is 23.9 Å². The number of carbonyl (C=O) groups is 4. The van der Waals surface area contributed by atoms with Crippen LogP contribution in [-0.4, -0.2) is 59.1 Å². The van der Waals surface area contributed by atoms with Gasteiger partial charge in [0.05, 0.1) is 0 Å². The van der Waals surface area contributed by atoms with E-state index in [2.05, 4.69) is 10.6 Å². The zero-order valence-electron chi connectivity index (χ0n) is 17.1. The van der Waals surface area contributed by atoms with Crippen LogP contribution in [0.3, 0.4) is 0 Å². The van der Waals surface area contributed by atoms with Gasteiger partial charge in [-0.2, -0.15) is 0 Å². The lowest BCUT2D eigenvalue weighted by Gasteiger charge is -2.27. The normalized spacial score (nSPS) is 16.6. The van der Waals surface area contributed by atoms with Gasteiger partial charge in [-0.1, -0.05) is 30.3 Å². The van der Waals surface area contributed by atoms with E-state index in [1.54, 1.807) is 0 Å². The molecule has 1 heterocycles. The van der Waals surface area contributed by atoms with Gasteiger partial charge in [-0.05, 0) is 37.7 Å². The van der Waals surface area contributed by atoms with Gasteiger partial charge in [0.1, 0.15) is 18.7 Å². The highest BCUT2D eigenvalue weighted by molar-refractivity contribution is 5.90. The number of likely N-dealkylation sites (tertiary alicyclic amines) is 1. The molecule has 0 spiro atoms. The van der Waals surface area contributed by atoms with Crippen molar-refractivity contribution in [2.75, 3.05) is 13.1 Å². The number of carboxylic acid groups (broad SMARTS) is 1. The molecule has 0 saturated carbocycles. The van der Waals surface area contributed by atoms with E-state index in [-0.39, 0.29) is 18.4 Å². The van der Waals surface area contributed by atoms with Crippen molar-refractivity contribution in [2.45, 2.75) is 57.7 Å². The van der Waals surface area contributed by atoms with E-state index in [1.165, 1.54) is 11.8 Å². The van der Waals surface area contributed by atoms with Gasteiger partial charge >= 0.3 is 12.1 Å². The highest BCUT2D eigenvalue weighted by Gasteiger charge is 2.37. The predicted octanol–water partition coefficient (Wildman–Crippen LogP) is 1.66. The summed E-state index contributed by atoms with van der Waals surface area (Å²) in [5.41, 5.74) is 0.894. The molecule has 0 aromatic heterocycles. The number of unbranched alkanes of at least 4 members (excludes halogenated alkanes) is 1. The van der Waals surface area contributed by atoms with Gasteiger partial charge in [0.25, 0.3) is 0 Å². The van der Waals surface area contributed by atoms with E-state index in [4.69, 9.17) is 4.74 Å². The molecule has 2 rings (SSSR count). The lowest BCUT2D eigenvalue weighted by Crippen LogP contribution is -2.51. The predicted molar refractivity (Wildman–Crippen MR) is 108 cm³/mol. The second-order valence-electron chi connectivity index (χ2n) is 7.27. The zero-order valence-corrected chi connectivity index (χ0v) is 17.1. The second kappa shape index (κ2) is 11.8. The summed E-state index contributed by atoms with van der Waals surface area (Å²) in [4.78, 5) is 48.6. The summed E-state index contributed by atoms with van der Waals surface area (Å²) < 4.78 is 5.12. The fourth-order valence-electron chi connectivity index (χ4n) is 3.43. The largest absolute Gasteiger partial charge is 0.480 e. The van der Waals surface area contributed by atoms with Gasteiger partial charge in [-0.15, -0.1) is 0 Å². The summed E-state index contributed by atoms with van der Waals surface area (Å²) in [5.74, 6) is -1.74. The van der Waals surface area contributed by atoms with Crippen molar-refractivity contribution < 1.29 is 29.0 Å². The van der Waals surface area contributed by atoms with Crippen LogP contribution in [0, 0.1) is 0 Å². The summed E-state index contributed by atoms with van der Waals surface area (Å²) in [6.45, 7) is 2.26. The molecule has 164 valence electrons. The minimum atomic E-state index is -1.03. The minimum Gasteiger partial charge on any atom is -0.480 e. The molecule has 3 N–H and O–H groups in total. The SMILES string of the molecule is CC(=O)N[C@H](CCCCNC(=O)OCc1ccccc1)C(=O)N1CCC[C@@H]1C(=O)O. The van der Waals surface area contributed by atoms with Crippen molar-refractivity contribution in [3.8, 4) is 0 Å². The number of benzene rings is 1. The Balaban J connectivity index is 1.72. The van der Waals surface area contributed by atoms with E-state index in [0.717, 1.165) is 5.56 Å². The molecular weight excluding hydrogens is 390 g/mol. The van der Waals surface area contributed by atoms with Crippen molar-refractivity contribution in [3.05, 3.63) is 35.9 Å². The van der Waals surface area contributed by atoms with E-state index in [1.807, 2.05) is 30.3 Å². The summed E-state index contributed by atoms with van der Waals surface area (Å²) >= 11 is 0. The molecule has 1 fully saturated rings. The maximum Gasteiger partial charge on any atom is 0.407 e. The lowest BCUT2D eigenvalue weighted by atomic mass is 10.1. The topological polar surface area (TPSA) is 125 Å². The van der Waals surface area contributed by atoms with Crippen LogP contribution in [0.25, 0.3) is 0 Å². The Labute approximate surface area is 175 Å². The summed E-state index contributed by atoms with van der Waals surface area (Å²) in [6.07, 6.45) is 2.05. The summed E-state index contributed by atoms with van der Waals surface area (Å²) in [6, 6.07) is 7.73. The number of ether oxygens (including phenoxy) is 1. The number of amides is 3. The highest BCUT2D eigenvalue weighted by Crippen LogP contribution is 2.19. The minimum absolute atomic E-state index is 0.187. The summed E-state index contributed by atoms with van der Waals surface area (Å²) in [7, 11) is 0. The maximum atomic E-state index is 12.7. The van der Waals surface area contributed by atoms with E-state index >= 15 is 0 Å². The number of alkyl carbamates (subject to hydrolysis) is 1. The average Bonchev–Trinajstić information content (AvgIpc) is 3.21. The van der Waals surface area contributed by atoms with Crippen LogP contribution in [-0.2, 0) is 25.7 Å². The van der Waals surface area contributed by atoms with Gasteiger partial charge in [-0.25, -0.2) is 9.59 Å². The third-order valence-electron chi connectivity index (χ3n) is 4.90. The second-order valence-corrected chi connectivity index (χ2v) is 7.27. The Morgan fingerprint density at radius 1 is 1.20 bits per heavy atom. The molecular formula is C21H29N3O6. The van der Waals surface area contributed by atoms with Crippen molar-refractivity contribution in [3.63, 3.8) is 0 Å². The van der Waals surface area contributed by atoms with E-state index in [0.29, 0.717) is 45.2 Å². The van der Waals surface area contributed by atoms with Crippen LogP contribution in [0.2, 0.25) is 0 Å². The van der Waals surface area contributed by atoms with Gasteiger partial charge in [0, 0.05) is 20.0 Å². The number of rotatable bonds is 10. The van der Waals surface area contributed by atoms with E-state index in [9.17, 15) is 24.3 Å². The first-order valence-electron chi connectivity index (χ1n) is 10.1. The number of carbonyl (C=O) groups excluding carboxylic acids is 3. The molecule has 1 aromatic carbocycles. The Bertz CT molecular complexity index is 740. The Hall–Kier alpha value is -3.10. The van der Waals surface area contributed by atoms with Gasteiger partial charge in [0.15, 0.2) is 0 Å². The number of aliphatic carboxylic acids is 1. The molecule has 2 atom stereocenters. The lowest BCUT2D eigenvalue weighted by molar-refractivity contribution is -0.149. The van der Waals surface area contributed by atoms with Gasteiger partial charge in [0.2, 0.25) is 11.8 Å². The molecule has 1 aliphatic rings. The van der Waals surface area contributed by atoms with Crippen LogP contribution in [0.15, 0.2) is 30.3 Å². The van der Waals surface area contributed by atoms with Gasteiger partial charge in [-0.3, -0.25) is 9.59 Å². The van der Waals surface area contributed by atoms with Crippen molar-refractivity contribution in [2.24, 2.45) is 0 Å².